The summed E-state index contributed by atoms with van der Waals surface area (Å²) < 4.78 is 7.31. The summed E-state index contributed by atoms with van der Waals surface area (Å²) in [7, 11) is 3.60. The van der Waals surface area contributed by atoms with Crippen molar-refractivity contribution in [3.8, 4) is 22.4 Å². The van der Waals surface area contributed by atoms with Crippen LogP contribution in [0.5, 0.6) is 0 Å². The zero-order valence-electron chi connectivity index (χ0n) is 22.4. The first-order valence-corrected chi connectivity index (χ1v) is 12.9. The van der Waals surface area contributed by atoms with Crippen LogP contribution in [0.25, 0.3) is 33.4 Å². The summed E-state index contributed by atoms with van der Waals surface area (Å²) in [6.07, 6.45) is 3.38. The van der Waals surface area contributed by atoms with Gasteiger partial charge in [0.2, 0.25) is 0 Å². The highest BCUT2D eigenvalue weighted by molar-refractivity contribution is 6.08. The predicted molar refractivity (Wildman–Crippen MR) is 153 cm³/mol. The molecule has 0 radical (unpaired) electrons. The van der Waals surface area contributed by atoms with E-state index in [0.29, 0.717) is 34.9 Å². The van der Waals surface area contributed by atoms with Gasteiger partial charge in [-0.2, -0.15) is 0 Å². The Morgan fingerprint density at radius 2 is 1.79 bits per heavy atom. The van der Waals surface area contributed by atoms with E-state index in [1.165, 1.54) is 6.33 Å². The average Bonchev–Trinajstić information content (AvgIpc) is 3.52. The summed E-state index contributed by atoms with van der Waals surface area (Å²) in [6.45, 7) is 6.63. The number of ether oxygens (including phenoxy) is 1. The number of nitrogens with one attached hydrogen (secondary N) is 1. The summed E-state index contributed by atoms with van der Waals surface area (Å²) in [5.41, 5.74) is 12.4. The molecule has 2 aromatic heterocycles. The van der Waals surface area contributed by atoms with Gasteiger partial charge in [0.1, 0.15) is 17.8 Å². The molecule has 1 aliphatic rings. The van der Waals surface area contributed by atoms with Crippen molar-refractivity contribution in [1.29, 1.82) is 0 Å². The molecule has 1 saturated heterocycles. The highest BCUT2D eigenvalue weighted by Gasteiger charge is 2.29. The molecule has 5 rings (SSSR count). The van der Waals surface area contributed by atoms with Gasteiger partial charge in [0.25, 0.3) is 11.8 Å². The van der Waals surface area contributed by atoms with Crippen LogP contribution in [-0.2, 0) is 16.6 Å². The molecule has 2 aromatic carbocycles. The maximum absolute atomic E-state index is 13.3. The fraction of sp³-hybridized carbons (Fsp3) is 0.267. The minimum Gasteiger partial charge on any atom is -0.383 e. The van der Waals surface area contributed by atoms with E-state index in [4.69, 9.17) is 10.5 Å². The summed E-state index contributed by atoms with van der Waals surface area (Å²) in [5.74, 6) is 0.157. The molecule has 0 spiro atoms. The van der Waals surface area contributed by atoms with Crippen LogP contribution in [0.2, 0.25) is 0 Å². The van der Waals surface area contributed by atoms with Gasteiger partial charge in [0.05, 0.1) is 23.7 Å². The number of hydrogen-bond acceptors (Lipinski definition) is 6. The third-order valence-corrected chi connectivity index (χ3v) is 7.22. The average molecular weight is 525 g/mol. The number of anilines is 2. The van der Waals surface area contributed by atoms with E-state index in [-0.39, 0.29) is 17.9 Å². The van der Waals surface area contributed by atoms with Crippen molar-refractivity contribution in [2.24, 2.45) is 7.05 Å². The SMILES string of the molecule is C=C(C)C(=O)Nc1ccc(-c2c(-c3ccc(C(=O)N4CCC[C@@H]4COC)cc3)c3c(N)ncnc3n2C)cc1. The maximum atomic E-state index is 13.3. The molecular weight excluding hydrogens is 492 g/mol. The highest BCUT2D eigenvalue weighted by Crippen LogP contribution is 2.41. The molecule has 1 atom stereocenters. The topological polar surface area (TPSA) is 115 Å². The van der Waals surface area contributed by atoms with Crippen LogP contribution in [0, 0.1) is 0 Å². The van der Waals surface area contributed by atoms with Crippen molar-refractivity contribution < 1.29 is 14.3 Å². The van der Waals surface area contributed by atoms with Gasteiger partial charge in [0.15, 0.2) is 0 Å². The quantitative estimate of drug-likeness (QED) is 0.340. The molecule has 0 unspecified atom stereocenters. The van der Waals surface area contributed by atoms with Gasteiger partial charge < -0.3 is 25.3 Å². The molecule has 2 amide bonds. The van der Waals surface area contributed by atoms with Crippen molar-refractivity contribution in [2.45, 2.75) is 25.8 Å². The van der Waals surface area contributed by atoms with E-state index in [2.05, 4.69) is 21.9 Å². The third kappa shape index (κ3) is 4.88. The van der Waals surface area contributed by atoms with Crippen LogP contribution in [0.4, 0.5) is 11.5 Å². The molecule has 3 heterocycles. The van der Waals surface area contributed by atoms with Gasteiger partial charge in [-0.15, -0.1) is 0 Å². The number of amides is 2. The molecule has 9 nitrogen and oxygen atoms in total. The number of rotatable bonds is 7. The smallest absolute Gasteiger partial charge is 0.254 e. The van der Waals surface area contributed by atoms with E-state index in [1.807, 2.05) is 65.0 Å². The second-order valence-corrected chi connectivity index (χ2v) is 9.88. The lowest BCUT2D eigenvalue weighted by Gasteiger charge is -2.24. The number of aromatic nitrogens is 3. The van der Waals surface area contributed by atoms with Crippen LogP contribution >= 0.6 is 0 Å². The molecular formula is C30H32N6O3. The fourth-order valence-electron chi connectivity index (χ4n) is 5.26. The number of hydrogen-bond donors (Lipinski definition) is 2. The lowest BCUT2D eigenvalue weighted by Crippen LogP contribution is -2.38. The van der Waals surface area contributed by atoms with Crippen molar-refractivity contribution >= 4 is 34.4 Å². The number of methoxy groups -OCH3 is 1. The normalized spacial score (nSPS) is 15.1. The largest absolute Gasteiger partial charge is 0.383 e. The molecule has 1 aliphatic heterocycles. The lowest BCUT2D eigenvalue weighted by atomic mass is 9.97. The van der Waals surface area contributed by atoms with E-state index < -0.39 is 0 Å². The minimum atomic E-state index is -0.229. The monoisotopic (exact) mass is 524 g/mol. The van der Waals surface area contributed by atoms with Crippen molar-refractivity contribution in [3.05, 3.63) is 72.6 Å². The fourth-order valence-corrected chi connectivity index (χ4v) is 5.26. The van der Waals surface area contributed by atoms with Gasteiger partial charge in [0, 0.05) is 43.1 Å². The van der Waals surface area contributed by atoms with E-state index in [1.54, 1.807) is 14.0 Å². The zero-order chi connectivity index (χ0) is 27.7. The second-order valence-electron chi connectivity index (χ2n) is 9.88. The molecule has 1 fully saturated rings. The molecule has 39 heavy (non-hydrogen) atoms. The molecule has 9 heteroatoms. The Labute approximate surface area is 227 Å². The Morgan fingerprint density at radius 1 is 1.10 bits per heavy atom. The van der Waals surface area contributed by atoms with Crippen LogP contribution in [-0.4, -0.2) is 57.6 Å². The summed E-state index contributed by atoms with van der Waals surface area (Å²) in [6, 6.07) is 15.3. The van der Waals surface area contributed by atoms with Crippen LogP contribution in [0.15, 0.2) is 67.0 Å². The number of carbonyl (C=O) groups is 2. The van der Waals surface area contributed by atoms with Crippen LogP contribution in [0.1, 0.15) is 30.1 Å². The Kier molecular flexibility index (Phi) is 7.17. The minimum absolute atomic E-state index is 0.00878. The number of nitrogen functional groups attached to an aromatic ring is 1. The van der Waals surface area contributed by atoms with Gasteiger partial charge in [-0.25, -0.2) is 9.97 Å². The highest BCUT2D eigenvalue weighted by atomic mass is 16.5. The summed E-state index contributed by atoms with van der Waals surface area (Å²) in [5, 5.41) is 3.58. The summed E-state index contributed by atoms with van der Waals surface area (Å²) >= 11 is 0. The summed E-state index contributed by atoms with van der Waals surface area (Å²) in [4.78, 5) is 36.0. The zero-order valence-corrected chi connectivity index (χ0v) is 22.4. The number of aryl methyl sites for hydroxylation is 1. The lowest BCUT2D eigenvalue weighted by molar-refractivity contribution is -0.112. The first-order valence-electron chi connectivity index (χ1n) is 12.9. The van der Waals surface area contributed by atoms with Gasteiger partial charge in [-0.1, -0.05) is 30.8 Å². The first-order chi connectivity index (χ1) is 18.8. The number of fused-ring (bicyclic) bond motifs is 1. The number of nitrogens with zero attached hydrogens (tertiary/aromatic N) is 4. The Bertz CT molecular complexity index is 1560. The molecule has 0 saturated carbocycles. The second kappa shape index (κ2) is 10.7. The molecule has 0 bridgehead atoms. The van der Waals surface area contributed by atoms with Crippen LogP contribution in [0.3, 0.4) is 0 Å². The van der Waals surface area contributed by atoms with Gasteiger partial charge >= 0.3 is 0 Å². The number of carbonyl (C=O) groups excluding carboxylic acids is 2. The molecule has 200 valence electrons. The third-order valence-electron chi connectivity index (χ3n) is 7.22. The van der Waals surface area contributed by atoms with Crippen molar-refractivity contribution in [2.75, 3.05) is 31.3 Å². The molecule has 4 aromatic rings. The van der Waals surface area contributed by atoms with Gasteiger partial charge in [-0.05, 0) is 55.2 Å². The van der Waals surface area contributed by atoms with E-state index in [9.17, 15) is 9.59 Å². The first kappa shape index (κ1) is 26.1. The van der Waals surface area contributed by atoms with E-state index >= 15 is 0 Å². The Hall–Kier alpha value is -4.50. The predicted octanol–water partition coefficient (Wildman–Crippen LogP) is 4.65. The van der Waals surface area contributed by atoms with Crippen molar-refractivity contribution in [1.82, 2.24) is 19.4 Å². The molecule has 3 N–H and O–H groups in total. The van der Waals surface area contributed by atoms with Gasteiger partial charge in [-0.3, -0.25) is 9.59 Å². The standard InChI is InChI=1S/C30H32N6O3/c1-18(2)29(37)34-22-13-11-20(12-14-22)26-24(25-27(31)32-17-33-28(25)35(26)3)19-7-9-21(10-8-19)30(38)36-15-5-6-23(36)16-39-4/h7-14,17,23H,1,5-6,15-16H2,2-4H3,(H,34,37)(H2,31,32,33)/t23-/m1/s1. The van der Waals surface area contributed by atoms with Crippen LogP contribution < -0.4 is 11.1 Å². The Balaban J connectivity index is 1.55. The number of likely N-dealkylation sites (tertiary alicyclic amines) is 1. The van der Waals surface area contributed by atoms with E-state index in [0.717, 1.165) is 47.2 Å². The van der Waals surface area contributed by atoms with Crippen molar-refractivity contribution in [3.63, 3.8) is 0 Å². The number of nitrogens with two attached hydrogens (primary N) is 1. The maximum Gasteiger partial charge on any atom is 0.254 e. The Morgan fingerprint density at radius 3 is 2.46 bits per heavy atom. The molecule has 0 aliphatic carbocycles. The number of benzene rings is 2.